The Morgan fingerprint density at radius 1 is 1.33 bits per heavy atom. The van der Waals surface area contributed by atoms with E-state index in [0.717, 1.165) is 19.1 Å². The second-order valence-electron chi connectivity index (χ2n) is 2.45. The normalized spacial score (nSPS) is 10.7. The summed E-state index contributed by atoms with van der Waals surface area (Å²) in [7, 11) is 1.86. The molecule has 0 amide bonds. The first-order valence-corrected chi connectivity index (χ1v) is 3.37. The maximum Gasteiger partial charge on any atom is 0.0589 e. The molecule has 0 aliphatic carbocycles. The van der Waals surface area contributed by atoms with Gasteiger partial charge in [-0.1, -0.05) is 13.8 Å². The lowest BCUT2D eigenvalue weighted by atomic mass is 10.2. The minimum absolute atomic E-state index is 0.726. The second kappa shape index (κ2) is 6.01. The quantitative estimate of drug-likeness (QED) is 0.277. The van der Waals surface area contributed by atoms with Crippen molar-refractivity contribution in [1.82, 2.24) is 16.2 Å². The maximum absolute atomic E-state index is 3.21. The molecule has 3 N–H and O–H groups in total. The fourth-order valence-corrected chi connectivity index (χ4v) is 0.512. The molecule has 0 aromatic carbocycles. The molecule has 0 spiro atoms. The zero-order chi connectivity index (χ0) is 7.11. The van der Waals surface area contributed by atoms with Gasteiger partial charge in [0.1, 0.15) is 0 Å². The second-order valence-corrected chi connectivity index (χ2v) is 2.45. The lowest BCUT2D eigenvalue weighted by Gasteiger charge is -2.06. The summed E-state index contributed by atoms with van der Waals surface area (Å²) in [5, 5.41) is 3.21. The molecular formula is C6H17N3. The van der Waals surface area contributed by atoms with Gasteiger partial charge in [-0.25, -0.2) is 5.43 Å². The predicted octanol–water partition coefficient (Wildman–Crippen LogP) is -0.0865. The van der Waals surface area contributed by atoms with Crippen molar-refractivity contribution in [2.75, 3.05) is 20.3 Å². The van der Waals surface area contributed by atoms with Gasteiger partial charge in [0.05, 0.1) is 6.67 Å². The van der Waals surface area contributed by atoms with Gasteiger partial charge in [-0.05, 0) is 19.5 Å². The van der Waals surface area contributed by atoms with E-state index < -0.39 is 0 Å². The number of hydrogen-bond acceptors (Lipinski definition) is 3. The molecule has 56 valence electrons. The van der Waals surface area contributed by atoms with E-state index in [0.29, 0.717) is 0 Å². The first-order valence-electron chi connectivity index (χ1n) is 3.37. The molecule has 9 heavy (non-hydrogen) atoms. The molecule has 0 fully saturated rings. The Hall–Kier alpha value is -0.120. The van der Waals surface area contributed by atoms with E-state index in [9.17, 15) is 0 Å². The van der Waals surface area contributed by atoms with Crippen LogP contribution in [0, 0.1) is 5.92 Å². The van der Waals surface area contributed by atoms with Gasteiger partial charge >= 0.3 is 0 Å². The Balaban J connectivity index is 2.75. The van der Waals surface area contributed by atoms with E-state index in [1.165, 1.54) is 0 Å². The monoisotopic (exact) mass is 131 g/mol. The molecule has 0 bridgehead atoms. The van der Waals surface area contributed by atoms with Gasteiger partial charge < -0.3 is 5.32 Å². The average Bonchev–Trinajstić information content (AvgIpc) is 1.80. The van der Waals surface area contributed by atoms with Crippen LogP contribution in [0.15, 0.2) is 0 Å². The summed E-state index contributed by atoms with van der Waals surface area (Å²) < 4.78 is 0. The Kier molecular flexibility index (Phi) is 5.93. The first-order chi connectivity index (χ1) is 4.27. The number of hydrogen-bond donors (Lipinski definition) is 3. The molecule has 0 saturated heterocycles. The van der Waals surface area contributed by atoms with Crippen LogP contribution < -0.4 is 16.2 Å². The Morgan fingerprint density at radius 2 is 2.00 bits per heavy atom. The van der Waals surface area contributed by atoms with Crippen molar-refractivity contribution in [3.63, 3.8) is 0 Å². The highest BCUT2D eigenvalue weighted by Gasteiger charge is 1.89. The number of rotatable bonds is 5. The van der Waals surface area contributed by atoms with Gasteiger partial charge in [-0.2, -0.15) is 0 Å². The fourth-order valence-electron chi connectivity index (χ4n) is 0.512. The lowest BCUT2D eigenvalue weighted by molar-refractivity contribution is 0.485. The van der Waals surface area contributed by atoms with Crippen LogP contribution in [0.4, 0.5) is 0 Å². The van der Waals surface area contributed by atoms with Crippen LogP contribution in [0.1, 0.15) is 13.8 Å². The average molecular weight is 131 g/mol. The molecule has 0 aliphatic heterocycles. The number of hydrazine groups is 1. The van der Waals surface area contributed by atoms with Crippen LogP contribution in [0.5, 0.6) is 0 Å². The highest BCUT2D eigenvalue weighted by atomic mass is 15.4. The van der Waals surface area contributed by atoms with E-state index in [1.54, 1.807) is 0 Å². The molecule has 0 radical (unpaired) electrons. The molecule has 3 heteroatoms. The third-order valence-corrected chi connectivity index (χ3v) is 0.943. The topological polar surface area (TPSA) is 36.1 Å². The van der Waals surface area contributed by atoms with Crippen molar-refractivity contribution in [2.45, 2.75) is 13.8 Å². The van der Waals surface area contributed by atoms with E-state index in [4.69, 9.17) is 0 Å². The third-order valence-electron chi connectivity index (χ3n) is 0.943. The molecule has 0 saturated carbocycles. The van der Waals surface area contributed by atoms with Crippen LogP contribution in [-0.4, -0.2) is 20.3 Å². The summed E-state index contributed by atoms with van der Waals surface area (Å²) in [6, 6.07) is 0. The van der Waals surface area contributed by atoms with Gasteiger partial charge in [0.25, 0.3) is 0 Å². The molecular weight excluding hydrogens is 114 g/mol. The zero-order valence-electron chi connectivity index (χ0n) is 6.49. The zero-order valence-corrected chi connectivity index (χ0v) is 6.49. The van der Waals surface area contributed by atoms with Gasteiger partial charge in [0, 0.05) is 0 Å². The highest BCUT2D eigenvalue weighted by Crippen LogP contribution is 1.84. The van der Waals surface area contributed by atoms with E-state index in [2.05, 4.69) is 30.0 Å². The van der Waals surface area contributed by atoms with Crippen molar-refractivity contribution in [1.29, 1.82) is 0 Å². The van der Waals surface area contributed by atoms with Gasteiger partial charge in [0.15, 0.2) is 0 Å². The van der Waals surface area contributed by atoms with Gasteiger partial charge in [-0.3, -0.25) is 5.43 Å². The predicted molar refractivity (Wildman–Crippen MR) is 39.9 cm³/mol. The minimum atomic E-state index is 0.726. The van der Waals surface area contributed by atoms with Crippen LogP contribution in [0.25, 0.3) is 0 Å². The van der Waals surface area contributed by atoms with Crippen molar-refractivity contribution in [2.24, 2.45) is 5.92 Å². The summed E-state index contributed by atoms with van der Waals surface area (Å²) in [4.78, 5) is 0. The van der Waals surface area contributed by atoms with Crippen LogP contribution in [0.3, 0.4) is 0 Å². The molecule has 0 aromatic rings. The Bertz CT molecular complexity index is 54.3. The Morgan fingerprint density at radius 3 is 2.44 bits per heavy atom. The van der Waals surface area contributed by atoms with Crippen molar-refractivity contribution in [3.05, 3.63) is 0 Å². The van der Waals surface area contributed by atoms with E-state index >= 15 is 0 Å². The summed E-state index contributed by atoms with van der Waals surface area (Å²) in [5.74, 6) is 0.726. The summed E-state index contributed by atoms with van der Waals surface area (Å²) >= 11 is 0. The molecule has 0 aliphatic rings. The molecule has 0 rings (SSSR count). The van der Waals surface area contributed by atoms with Crippen molar-refractivity contribution < 1.29 is 0 Å². The fraction of sp³-hybridized carbons (Fsp3) is 1.00. The largest absolute Gasteiger partial charge is 0.303 e. The highest BCUT2D eigenvalue weighted by molar-refractivity contribution is 4.47. The summed E-state index contributed by atoms with van der Waals surface area (Å²) in [5.41, 5.74) is 5.77. The standard InChI is InChI=1S/C6H17N3/c1-6(2)4-8-5-9-7-3/h6-9H,4-5H2,1-3H3. The minimum Gasteiger partial charge on any atom is -0.303 e. The third kappa shape index (κ3) is 7.88. The lowest BCUT2D eigenvalue weighted by Crippen LogP contribution is -2.38. The molecule has 0 aromatic heterocycles. The van der Waals surface area contributed by atoms with Crippen molar-refractivity contribution >= 4 is 0 Å². The van der Waals surface area contributed by atoms with E-state index in [-0.39, 0.29) is 0 Å². The maximum atomic E-state index is 3.21. The summed E-state index contributed by atoms with van der Waals surface area (Å²) in [6.45, 7) is 6.27. The summed E-state index contributed by atoms with van der Waals surface area (Å²) in [6.07, 6.45) is 0. The molecule has 0 unspecified atom stereocenters. The van der Waals surface area contributed by atoms with E-state index in [1.807, 2.05) is 7.05 Å². The van der Waals surface area contributed by atoms with Gasteiger partial charge in [-0.15, -0.1) is 0 Å². The Labute approximate surface area is 57.2 Å². The molecule has 0 atom stereocenters. The van der Waals surface area contributed by atoms with Crippen LogP contribution >= 0.6 is 0 Å². The SMILES string of the molecule is CNNCNCC(C)C. The number of nitrogens with one attached hydrogen (secondary N) is 3. The first kappa shape index (κ1) is 8.88. The molecule has 0 heterocycles. The van der Waals surface area contributed by atoms with Crippen molar-refractivity contribution in [3.8, 4) is 0 Å². The molecule has 3 nitrogen and oxygen atoms in total. The van der Waals surface area contributed by atoms with Crippen LogP contribution in [0.2, 0.25) is 0 Å². The smallest absolute Gasteiger partial charge is 0.0589 e. The van der Waals surface area contributed by atoms with Gasteiger partial charge in [0.2, 0.25) is 0 Å². The van der Waals surface area contributed by atoms with Crippen LogP contribution in [-0.2, 0) is 0 Å².